The second kappa shape index (κ2) is 13.6. The van der Waals surface area contributed by atoms with Crippen molar-refractivity contribution < 1.29 is 89.3 Å². The van der Waals surface area contributed by atoms with Crippen LogP contribution in [0.25, 0.3) is 0 Å². The van der Waals surface area contributed by atoms with Gasteiger partial charge in [-0.2, -0.15) is 48.3 Å². The maximum atomic E-state index is 16.2. The van der Waals surface area contributed by atoms with Crippen LogP contribution in [-0.2, 0) is 19.0 Å². The number of hydrogen-bond donors (Lipinski definition) is 0. The summed E-state index contributed by atoms with van der Waals surface area (Å²) in [5.74, 6) is -9.99. The summed E-state index contributed by atoms with van der Waals surface area (Å²) in [6.07, 6.45) is -57.0. The SMILES string of the molecule is C=CC(=O)OC(C1C(F)C(F)C(F)C(F)C1F)(C1C(Cl)C(Cl)C(Cl)C(Cl)C1Cl)C(F)(F)OC(F)(F)C(F)(F)OC(F)(F)C(F)(F)F. The minimum absolute atomic E-state index is 0.207. The Morgan fingerprint density at radius 1 is 0.522 bits per heavy atom. The summed E-state index contributed by atoms with van der Waals surface area (Å²) in [4.78, 5) is 12.3. The average molecular weight is 813 g/mol. The first-order valence-corrected chi connectivity index (χ1v) is 13.9. The van der Waals surface area contributed by atoms with Crippen molar-refractivity contribution in [2.24, 2.45) is 11.8 Å². The van der Waals surface area contributed by atoms with E-state index in [1.807, 2.05) is 0 Å². The van der Waals surface area contributed by atoms with Gasteiger partial charge < -0.3 is 4.74 Å². The summed E-state index contributed by atoms with van der Waals surface area (Å²) in [5.41, 5.74) is -5.37. The second-order valence-electron chi connectivity index (χ2n) is 9.68. The van der Waals surface area contributed by atoms with Gasteiger partial charge in [0.1, 0.15) is 12.3 Å². The molecule has 0 aliphatic heterocycles. The number of alkyl halides is 21. The first-order valence-electron chi connectivity index (χ1n) is 11.7. The lowest BCUT2D eigenvalue weighted by atomic mass is 9.62. The maximum absolute atomic E-state index is 16.2. The molecule has 0 aromatic carbocycles. The van der Waals surface area contributed by atoms with Gasteiger partial charge in [-0.05, 0) is 0 Å². The summed E-state index contributed by atoms with van der Waals surface area (Å²) in [6, 6.07) is 0. The highest BCUT2D eigenvalue weighted by atomic mass is 35.5. The number of carbonyl (C=O) groups excluding carboxylic acids is 1. The van der Waals surface area contributed by atoms with E-state index in [1.54, 1.807) is 4.74 Å². The van der Waals surface area contributed by atoms with Crippen molar-refractivity contribution in [3.8, 4) is 0 Å². The lowest BCUT2D eigenvalue weighted by molar-refractivity contribution is -0.548. The molecule has 0 heterocycles. The van der Waals surface area contributed by atoms with E-state index in [4.69, 9.17) is 58.0 Å². The zero-order valence-corrected chi connectivity index (χ0v) is 25.1. The Balaban J connectivity index is 3.00. The zero-order chi connectivity index (χ0) is 36.3. The van der Waals surface area contributed by atoms with E-state index in [0.29, 0.717) is 0 Å². The number of hydrogen-bond acceptors (Lipinski definition) is 4. The first kappa shape index (κ1) is 41.6. The van der Waals surface area contributed by atoms with E-state index in [9.17, 15) is 57.5 Å². The molecule has 2 fully saturated rings. The molecule has 0 N–H and O–H groups in total. The van der Waals surface area contributed by atoms with Crippen molar-refractivity contribution in [2.75, 3.05) is 0 Å². The van der Waals surface area contributed by atoms with Gasteiger partial charge in [0.15, 0.2) is 18.5 Å². The van der Waals surface area contributed by atoms with Gasteiger partial charge in [-0.3, -0.25) is 0 Å². The second-order valence-corrected chi connectivity index (χ2v) is 12.2. The molecule has 0 saturated heterocycles. The minimum Gasteiger partial charge on any atom is -0.446 e. The first-order chi connectivity index (χ1) is 20.5. The van der Waals surface area contributed by atoms with Gasteiger partial charge in [0, 0.05) is 12.0 Å². The quantitative estimate of drug-likeness (QED) is 0.0963. The summed E-state index contributed by atoms with van der Waals surface area (Å²) in [7, 11) is 0. The molecule has 9 unspecified atom stereocenters. The van der Waals surface area contributed by atoms with Crippen LogP contribution in [0.1, 0.15) is 0 Å². The van der Waals surface area contributed by atoms with Crippen molar-refractivity contribution >= 4 is 64.0 Å². The van der Waals surface area contributed by atoms with Crippen LogP contribution in [0.15, 0.2) is 12.7 Å². The van der Waals surface area contributed by atoms with Gasteiger partial charge in [0.25, 0.3) is 0 Å². The molecule has 0 amide bonds. The molecule has 2 rings (SSSR count). The zero-order valence-electron chi connectivity index (χ0n) is 21.3. The van der Waals surface area contributed by atoms with Crippen molar-refractivity contribution in [3.63, 3.8) is 0 Å². The standard InChI is InChI=1S/C21H15Cl5F16O4/c1-2-3(43)44-16(4-6(22)8(24)10(26)9(25)7(4)23,5-11(27)13(29)15(31)14(30)12(5)28)18(35,36)45-20(39,40)21(41,42)46-19(37,38)17(32,33)34/h2,4-15H,1H2. The summed E-state index contributed by atoms with van der Waals surface area (Å²) in [6.45, 7) is 2.68. The van der Waals surface area contributed by atoms with E-state index >= 15 is 17.6 Å². The summed E-state index contributed by atoms with van der Waals surface area (Å²) >= 11 is 29.5. The van der Waals surface area contributed by atoms with Gasteiger partial charge in [-0.15, -0.1) is 58.0 Å². The molecule has 2 aliphatic rings. The van der Waals surface area contributed by atoms with Crippen molar-refractivity contribution in [3.05, 3.63) is 12.7 Å². The highest BCUT2D eigenvalue weighted by Gasteiger charge is 2.81. The molecule has 0 aromatic rings. The number of rotatable bonds is 10. The minimum atomic E-state index is -7.48. The van der Waals surface area contributed by atoms with Crippen LogP contribution in [0.3, 0.4) is 0 Å². The number of halogens is 21. The Kier molecular flexibility index (Phi) is 12.3. The molecule has 9 atom stereocenters. The van der Waals surface area contributed by atoms with Crippen LogP contribution in [0, 0.1) is 11.8 Å². The van der Waals surface area contributed by atoms with Crippen LogP contribution < -0.4 is 0 Å². The number of esters is 1. The van der Waals surface area contributed by atoms with E-state index in [1.165, 1.54) is 0 Å². The maximum Gasteiger partial charge on any atom is 0.483 e. The van der Waals surface area contributed by atoms with Crippen LogP contribution in [0.2, 0.25) is 0 Å². The van der Waals surface area contributed by atoms with E-state index in [2.05, 4.69) is 16.1 Å². The van der Waals surface area contributed by atoms with Gasteiger partial charge in [0.2, 0.25) is 5.60 Å². The molecule has 2 aliphatic carbocycles. The Morgan fingerprint density at radius 2 is 0.848 bits per heavy atom. The molecule has 0 bridgehead atoms. The Labute approximate surface area is 271 Å². The fourth-order valence-corrected chi connectivity index (χ4v) is 6.98. The largest absolute Gasteiger partial charge is 0.483 e. The van der Waals surface area contributed by atoms with Crippen LogP contribution >= 0.6 is 58.0 Å². The third-order valence-corrected chi connectivity index (χ3v) is 10.1. The molecule has 2 saturated carbocycles. The van der Waals surface area contributed by atoms with Crippen molar-refractivity contribution in [2.45, 2.75) is 94.0 Å². The monoisotopic (exact) mass is 810 g/mol. The Morgan fingerprint density at radius 3 is 1.20 bits per heavy atom. The topological polar surface area (TPSA) is 44.8 Å². The lowest BCUT2D eigenvalue weighted by Gasteiger charge is -2.56. The van der Waals surface area contributed by atoms with Crippen LogP contribution in [-0.4, -0.2) is 99.9 Å². The van der Waals surface area contributed by atoms with Gasteiger partial charge in [-0.25, -0.2) is 36.2 Å². The fraction of sp³-hybridized carbons (Fsp3) is 0.857. The molecule has 4 nitrogen and oxygen atoms in total. The Hall–Kier alpha value is -0.540. The molecule has 0 spiro atoms. The van der Waals surface area contributed by atoms with Gasteiger partial charge in [-0.1, -0.05) is 6.58 Å². The summed E-state index contributed by atoms with van der Waals surface area (Å²) < 4.78 is 235. The van der Waals surface area contributed by atoms with E-state index in [-0.39, 0.29) is 6.08 Å². The van der Waals surface area contributed by atoms with Crippen molar-refractivity contribution in [1.82, 2.24) is 0 Å². The highest BCUT2D eigenvalue weighted by molar-refractivity contribution is 6.41. The number of carbonyl (C=O) groups is 1. The molecule has 25 heteroatoms. The lowest BCUT2D eigenvalue weighted by Crippen LogP contribution is -2.76. The molecule has 46 heavy (non-hydrogen) atoms. The van der Waals surface area contributed by atoms with Crippen LogP contribution in [0.4, 0.5) is 70.2 Å². The van der Waals surface area contributed by atoms with Gasteiger partial charge >= 0.3 is 36.6 Å². The highest BCUT2D eigenvalue weighted by Crippen LogP contribution is 2.60. The molecule has 0 aromatic heterocycles. The molecule has 270 valence electrons. The smallest absolute Gasteiger partial charge is 0.446 e. The van der Waals surface area contributed by atoms with E-state index in [0.717, 1.165) is 0 Å². The molecular weight excluding hydrogens is 797 g/mol. The predicted molar refractivity (Wildman–Crippen MR) is 127 cm³/mol. The normalized spacial score (nSPS) is 38.2. The third-order valence-electron chi connectivity index (χ3n) is 6.87. The van der Waals surface area contributed by atoms with Gasteiger partial charge in [0.05, 0.1) is 32.8 Å². The van der Waals surface area contributed by atoms with Crippen LogP contribution in [0.5, 0.6) is 0 Å². The Bertz CT molecular complexity index is 1050. The predicted octanol–water partition coefficient (Wildman–Crippen LogP) is 8.41. The van der Waals surface area contributed by atoms with Crippen molar-refractivity contribution in [1.29, 1.82) is 0 Å². The van der Waals surface area contributed by atoms with E-state index < -0.39 is 112 Å². The molecule has 0 radical (unpaired) electrons. The fourth-order valence-electron chi connectivity index (χ4n) is 4.74. The number of ether oxygens (including phenoxy) is 3. The summed E-state index contributed by atoms with van der Waals surface area (Å²) in [5, 5.41) is -11.4. The average Bonchev–Trinajstić information content (AvgIpc) is 2.90. The molecular formula is C21H15Cl5F16O4. The third kappa shape index (κ3) is 7.04.